The molecule has 1 rings (SSSR count). The monoisotopic (exact) mass is 229 g/mol. The molecule has 0 aromatic rings. The van der Waals surface area contributed by atoms with Gasteiger partial charge in [-0.2, -0.15) is 0 Å². The normalized spacial score (nSPS) is 25.5. The van der Waals surface area contributed by atoms with E-state index in [1.165, 1.54) is 51.5 Å². The lowest BCUT2D eigenvalue weighted by atomic mass is 9.97. The van der Waals surface area contributed by atoms with Crippen LogP contribution in [0.2, 0.25) is 0 Å². The molecule has 0 spiro atoms. The number of nitrogens with one attached hydrogen (secondary N) is 1. The second kappa shape index (κ2) is 11.4. The van der Waals surface area contributed by atoms with E-state index < -0.39 is 0 Å². The quantitative estimate of drug-likeness (QED) is 0.572. The molecule has 1 aliphatic carbocycles. The van der Waals surface area contributed by atoms with E-state index in [0.29, 0.717) is 0 Å². The first-order valence-electron chi connectivity index (χ1n) is 7.10. The van der Waals surface area contributed by atoms with Crippen molar-refractivity contribution in [2.75, 3.05) is 13.2 Å². The Bertz CT molecular complexity index is 139. The van der Waals surface area contributed by atoms with Crippen LogP contribution in [0.4, 0.5) is 0 Å². The maximum Gasteiger partial charge on any atom is 0.0402 e. The molecular weight excluding hydrogens is 198 g/mol. The van der Waals surface area contributed by atoms with Gasteiger partial charge >= 0.3 is 0 Å². The van der Waals surface area contributed by atoms with Crippen molar-refractivity contribution >= 4 is 0 Å². The maximum absolute atomic E-state index is 7.57. The highest BCUT2D eigenvalue weighted by atomic mass is 16.2. The summed E-state index contributed by atoms with van der Waals surface area (Å²) in [6.07, 6.45) is 9.84. The van der Waals surface area contributed by atoms with Crippen LogP contribution in [0, 0.1) is 5.92 Å². The zero-order valence-corrected chi connectivity index (χ0v) is 11.5. The molecule has 0 aromatic carbocycles. The van der Waals surface area contributed by atoms with Gasteiger partial charge in [0.2, 0.25) is 0 Å². The molecule has 1 aliphatic rings. The SMILES string of the molecule is CCCCNC1CCCCCC1C.CCO. The first-order chi connectivity index (χ1) is 7.76. The highest BCUT2D eigenvalue weighted by Crippen LogP contribution is 2.22. The summed E-state index contributed by atoms with van der Waals surface area (Å²) in [4.78, 5) is 0. The van der Waals surface area contributed by atoms with E-state index in [-0.39, 0.29) is 6.61 Å². The van der Waals surface area contributed by atoms with Crippen molar-refractivity contribution < 1.29 is 5.11 Å². The molecule has 0 aromatic heterocycles. The minimum Gasteiger partial charge on any atom is -0.397 e. The third-order valence-electron chi connectivity index (χ3n) is 3.30. The number of rotatable bonds is 4. The van der Waals surface area contributed by atoms with E-state index in [0.717, 1.165) is 12.0 Å². The third kappa shape index (κ3) is 8.12. The number of aliphatic hydroxyl groups excluding tert-OH is 1. The molecule has 2 N–H and O–H groups in total. The Labute approximate surface area is 102 Å². The molecule has 2 nitrogen and oxygen atoms in total. The zero-order chi connectivity index (χ0) is 12.2. The molecule has 0 heterocycles. The number of aliphatic hydroxyl groups is 1. The second-order valence-corrected chi connectivity index (χ2v) is 4.85. The molecular formula is C14H31NO. The molecule has 16 heavy (non-hydrogen) atoms. The molecule has 1 saturated carbocycles. The van der Waals surface area contributed by atoms with Gasteiger partial charge < -0.3 is 10.4 Å². The number of hydrogen-bond donors (Lipinski definition) is 2. The lowest BCUT2D eigenvalue weighted by molar-refractivity contribution is 0.318. The van der Waals surface area contributed by atoms with Gasteiger partial charge in [-0.05, 0) is 38.6 Å². The van der Waals surface area contributed by atoms with Crippen molar-refractivity contribution in [3.8, 4) is 0 Å². The predicted molar refractivity (Wildman–Crippen MR) is 71.7 cm³/mol. The van der Waals surface area contributed by atoms with Gasteiger partial charge in [0.25, 0.3) is 0 Å². The van der Waals surface area contributed by atoms with Gasteiger partial charge in [0.05, 0.1) is 0 Å². The summed E-state index contributed by atoms with van der Waals surface area (Å²) in [7, 11) is 0. The van der Waals surface area contributed by atoms with Crippen molar-refractivity contribution in [3.05, 3.63) is 0 Å². The van der Waals surface area contributed by atoms with Crippen LogP contribution in [0.5, 0.6) is 0 Å². The minimum absolute atomic E-state index is 0.250. The first kappa shape index (κ1) is 15.9. The topological polar surface area (TPSA) is 32.3 Å². The van der Waals surface area contributed by atoms with Crippen LogP contribution in [0.25, 0.3) is 0 Å². The summed E-state index contributed by atoms with van der Waals surface area (Å²) in [5.41, 5.74) is 0. The van der Waals surface area contributed by atoms with Crippen molar-refractivity contribution in [1.29, 1.82) is 0 Å². The summed E-state index contributed by atoms with van der Waals surface area (Å²) in [6.45, 7) is 7.83. The number of unbranched alkanes of at least 4 members (excludes halogenated alkanes) is 1. The molecule has 0 radical (unpaired) electrons. The Kier molecular flexibility index (Phi) is 11.3. The minimum atomic E-state index is 0.250. The Balaban J connectivity index is 0.000000673. The Hall–Kier alpha value is -0.0800. The van der Waals surface area contributed by atoms with Gasteiger partial charge in [-0.3, -0.25) is 0 Å². The first-order valence-corrected chi connectivity index (χ1v) is 7.10. The van der Waals surface area contributed by atoms with Crippen molar-refractivity contribution in [2.24, 2.45) is 5.92 Å². The molecule has 2 heteroatoms. The van der Waals surface area contributed by atoms with Gasteiger partial charge in [-0.1, -0.05) is 39.5 Å². The average Bonchev–Trinajstić information content (AvgIpc) is 2.46. The smallest absolute Gasteiger partial charge is 0.0402 e. The molecule has 0 aliphatic heterocycles. The predicted octanol–water partition coefficient (Wildman–Crippen LogP) is 3.34. The Morgan fingerprint density at radius 1 is 1.12 bits per heavy atom. The molecule has 1 fully saturated rings. The van der Waals surface area contributed by atoms with Gasteiger partial charge in [-0.15, -0.1) is 0 Å². The molecule has 0 bridgehead atoms. The maximum atomic E-state index is 7.57. The lowest BCUT2D eigenvalue weighted by Gasteiger charge is -2.22. The standard InChI is InChI=1S/C12H25N.C2H6O/c1-3-4-10-13-12-9-7-5-6-8-11(12)2;1-2-3/h11-13H,3-10H2,1-2H3;3H,2H2,1H3. The zero-order valence-electron chi connectivity index (χ0n) is 11.5. The van der Waals surface area contributed by atoms with Crippen LogP contribution in [-0.2, 0) is 0 Å². The van der Waals surface area contributed by atoms with E-state index in [9.17, 15) is 0 Å². The van der Waals surface area contributed by atoms with Crippen LogP contribution in [0.1, 0.15) is 65.7 Å². The highest BCUT2D eigenvalue weighted by molar-refractivity contribution is 4.76. The summed E-state index contributed by atoms with van der Waals surface area (Å²) >= 11 is 0. The molecule has 0 amide bonds. The fraction of sp³-hybridized carbons (Fsp3) is 1.00. The summed E-state index contributed by atoms with van der Waals surface area (Å²) in [6, 6.07) is 0.814. The van der Waals surface area contributed by atoms with Gasteiger partial charge in [0.1, 0.15) is 0 Å². The van der Waals surface area contributed by atoms with E-state index in [2.05, 4.69) is 19.2 Å². The van der Waals surface area contributed by atoms with Crippen LogP contribution in [0.3, 0.4) is 0 Å². The average molecular weight is 229 g/mol. The molecule has 98 valence electrons. The van der Waals surface area contributed by atoms with Crippen LogP contribution >= 0.6 is 0 Å². The van der Waals surface area contributed by atoms with E-state index >= 15 is 0 Å². The van der Waals surface area contributed by atoms with Crippen molar-refractivity contribution in [1.82, 2.24) is 5.32 Å². The van der Waals surface area contributed by atoms with E-state index in [1.807, 2.05) is 0 Å². The fourth-order valence-electron chi connectivity index (χ4n) is 2.26. The third-order valence-corrected chi connectivity index (χ3v) is 3.30. The summed E-state index contributed by atoms with van der Waals surface area (Å²) in [5, 5.41) is 11.3. The van der Waals surface area contributed by atoms with Crippen molar-refractivity contribution in [2.45, 2.75) is 71.8 Å². The Morgan fingerprint density at radius 3 is 2.38 bits per heavy atom. The summed E-state index contributed by atoms with van der Waals surface area (Å²) < 4.78 is 0. The second-order valence-electron chi connectivity index (χ2n) is 4.85. The fourth-order valence-corrected chi connectivity index (χ4v) is 2.26. The van der Waals surface area contributed by atoms with Crippen LogP contribution in [0.15, 0.2) is 0 Å². The number of hydrogen-bond acceptors (Lipinski definition) is 2. The Morgan fingerprint density at radius 2 is 1.75 bits per heavy atom. The molecule has 2 atom stereocenters. The highest BCUT2D eigenvalue weighted by Gasteiger charge is 2.18. The van der Waals surface area contributed by atoms with E-state index in [4.69, 9.17) is 5.11 Å². The van der Waals surface area contributed by atoms with Crippen LogP contribution in [-0.4, -0.2) is 24.3 Å². The molecule has 0 saturated heterocycles. The van der Waals surface area contributed by atoms with Gasteiger partial charge in [0.15, 0.2) is 0 Å². The van der Waals surface area contributed by atoms with Gasteiger partial charge in [-0.25, -0.2) is 0 Å². The molecule has 2 unspecified atom stereocenters. The van der Waals surface area contributed by atoms with Crippen LogP contribution < -0.4 is 5.32 Å². The summed E-state index contributed by atoms with van der Waals surface area (Å²) in [5.74, 6) is 0.902. The lowest BCUT2D eigenvalue weighted by Crippen LogP contribution is -2.34. The largest absolute Gasteiger partial charge is 0.397 e. The van der Waals surface area contributed by atoms with E-state index in [1.54, 1.807) is 6.92 Å². The van der Waals surface area contributed by atoms with Crippen molar-refractivity contribution in [3.63, 3.8) is 0 Å². The van der Waals surface area contributed by atoms with Gasteiger partial charge in [0, 0.05) is 12.6 Å².